The second kappa shape index (κ2) is 5.05. The van der Waals surface area contributed by atoms with Gasteiger partial charge in [-0.15, -0.1) is 0 Å². The van der Waals surface area contributed by atoms with Gasteiger partial charge in [-0.25, -0.2) is 4.79 Å². The van der Waals surface area contributed by atoms with Gasteiger partial charge >= 0.3 is 6.03 Å². The summed E-state index contributed by atoms with van der Waals surface area (Å²) in [4.78, 5) is 13.3. The third-order valence-corrected chi connectivity index (χ3v) is 2.58. The highest BCUT2D eigenvalue weighted by atomic mass is 16.5. The normalized spacial score (nSPS) is 15.3. The SMILES string of the molecule is CCOc1ccccc1NC(=O)N1CC(O)C1. The molecule has 92 valence electrons. The van der Waals surface area contributed by atoms with Crippen LogP contribution in [-0.4, -0.2) is 41.8 Å². The highest BCUT2D eigenvalue weighted by Crippen LogP contribution is 2.24. The highest BCUT2D eigenvalue weighted by Gasteiger charge is 2.29. The topological polar surface area (TPSA) is 61.8 Å². The van der Waals surface area contributed by atoms with Gasteiger partial charge < -0.3 is 20.1 Å². The van der Waals surface area contributed by atoms with Gasteiger partial charge in [-0.2, -0.15) is 0 Å². The largest absolute Gasteiger partial charge is 0.492 e. The molecular weight excluding hydrogens is 220 g/mol. The fraction of sp³-hybridized carbons (Fsp3) is 0.417. The molecule has 1 aromatic carbocycles. The Hall–Kier alpha value is -1.75. The Bertz CT molecular complexity index is 402. The molecule has 5 nitrogen and oxygen atoms in total. The number of benzene rings is 1. The number of para-hydroxylation sites is 2. The number of nitrogens with one attached hydrogen (secondary N) is 1. The summed E-state index contributed by atoms with van der Waals surface area (Å²) in [6.45, 7) is 3.23. The zero-order chi connectivity index (χ0) is 12.3. The number of β-amino-alcohol motifs (C(OH)–C–C–N with tert-alkyl or cyclic N) is 1. The number of aliphatic hydroxyl groups is 1. The predicted octanol–water partition coefficient (Wildman–Crippen LogP) is 1.29. The number of amides is 2. The van der Waals surface area contributed by atoms with Crippen molar-refractivity contribution in [2.24, 2.45) is 0 Å². The van der Waals surface area contributed by atoms with E-state index in [2.05, 4.69) is 5.32 Å². The van der Waals surface area contributed by atoms with Crippen molar-refractivity contribution in [1.29, 1.82) is 0 Å². The smallest absolute Gasteiger partial charge is 0.322 e. The summed E-state index contributed by atoms with van der Waals surface area (Å²) in [5.41, 5.74) is 0.653. The molecule has 0 spiro atoms. The Balaban J connectivity index is 2.00. The van der Waals surface area contributed by atoms with E-state index < -0.39 is 0 Å². The lowest BCUT2D eigenvalue weighted by Crippen LogP contribution is -2.54. The first-order chi connectivity index (χ1) is 8.20. The molecule has 2 amide bonds. The average Bonchev–Trinajstić information content (AvgIpc) is 2.28. The number of hydrogen-bond acceptors (Lipinski definition) is 3. The molecule has 5 heteroatoms. The van der Waals surface area contributed by atoms with Crippen LogP contribution in [0.3, 0.4) is 0 Å². The van der Waals surface area contributed by atoms with E-state index in [4.69, 9.17) is 9.84 Å². The lowest BCUT2D eigenvalue weighted by atomic mass is 10.2. The van der Waals surface area contributed by atoms with E-state index in [-0.39, 0.29) is 12.1 Å². The van der Waals surface area contributed by atoms with Crippen LogP contribution in [0.25, 0.3) is 0 Å². The van der Waals surface area contributed by atoms with Crippen LogP contribution in [0.1, 0.15) is 6.92 Å². The summed E-state index contributed by atoms with van der Waals surface area (Å²) >= 11 is 0. The minimum absolute atomic E-state index is 0.206. The standard InChI is InChI=1S/C12H16N2O3/c1-2-17-11-6-4-3-5-10(11)13-12(16)14-7-9(15)8-14/h3-6,9,15H,2,7-8H2,1H3,(H,13,16). The second-order valence-electron chi connectivity index (χ2n) is 3.92. The number of hydrogen-bond donors (Lipinski definition) is 2. The van der Waals surface area contributed by atoms with Crippen molar-refractivity contribution in [3.63, 3.8) is 0 Å². The molecule has 1 aromatic rings. The molecule has 0 aliphatic carbocycles. The predicted molar refractivity (Wildman–Crippen MR) is 64.2 cm³/mol. The summed E-state index contributed by atoms with van der Waals surface area (Å²) in [5.74, 6) is 0.657. The molecule has 0 unspecified atom stereocenters. The fourth-order valence-electron chi connectivity index (χ4n) is 1.67. The van der Waals surface area contributed by atoms with E-state index >= 15 is 0 Å². The molecule has 1 saturated heterocycles. The maximum atomic E-state index is 11.7. The van der Waals surface area contributed by atoms with Gasteiger partial charge in [0, 0.05) is 0 Å². The van der Waals surface area contributed by atoms with E-state index in [0.29, 0.717) is 31.1 Å². The number of urea groups is 1. The van der Waals surface area contributed by atoms with Gasteiger partial charge in [0.15, 0.2) is 0 Å². The van der Waals surface area contributed by atoms with E-state index in [1.807, 2.05) is 25.1 Å². The van der Waals surface area contributed by atoms with Crippen LogP contribution >= 0.6 is 0 Å². The summed E-state index contributed by atoms with van der Waals surface area (Å²) < 4.78 is 5.41. The molecule has 0 radical (unpaired) electrons. The first-order valence-electron chi connectivity index (χ1n) is 5.66. The van der Waals surface area contributed by atoms with Crippen LogP contribution < -0.4 is 10.1 Å². The quantitative estimate of drug-likeness (QED) is 0.831. The van der Waals surface area contributed by atoms with Crippen LogP contribution in [0.5, 0.6) is 5.75 Å². The summed E-state index contributed by atoms with van der Waals surface area (Å²) in [7, 11) is 0. The van der Waals surface area contributed by atoms with Gasteiger partial charge in [0.2, 0.25) is 0 Å². The lowest BCUT2D eigenvalue weighted by Gasteiger charge is -2.35. The minimum atomic E-state index is -0.386. The Morgan fingerprint density at radius 1 is 1.53 bits per heavy atom. The van der Waals surface area contributed by atoms with Crippen molar-refractivity contribution in [3.8, 4) is 5.75 Å². The van der Waals surface area contributed by atoms with Gasteiger partial charge in [-0.05, 0) is 19.1 Å². The number of likely N-dealkylation sites (tertiary alicyclic amines) is 1. The number of anilines is 1. The summed E-state index contributed by atoms with van der Waals surface area (Å²) in [6, 6.07) is 7.09. The van der Waals surface area contributed by atoms with Gasteiger partial charge in [0.1, 0.15) is 5.75 Å². The zero-order valence-electron chi connectivity index (χ0n) is 9.72. The number of carbonyl (C=O) groups excluding carboxylic acids is 1. The van der Waals surface area contributed by atoms with Crippen molar-refractivity contribution in [2.75, 3.05) is 25.0 Å². The zero-order valence-corrected chi connectivity index (χ0v) is 9.72. The molecule has 2 rings (SSSR count). The van der Waals surface area contributed by atoms with E-state index in [0.717, 1.165) is 0 Å². The number of nitrogens with zero attached hydrogens (tertiary/aromatic N) is 1. The number of carbonyl (C=O) groups is 1. The van der Waals surface area contributed by atoms with Gasteiger partial charge in [-0.1, -0.05) is 12.1 Å². The molecule has 0 bridgehead atoms. The first kappa shape index (κ1) is 11.7. The molecule has 0 aromatic heterocycles. The Morgan fingerprint density at radius 2 is 2.24 bits per heavy atom. The summed E-state index contributed by atoms with van der Waals surface area (Å²) in [5, 5.41) is 11.9. The first-order valence-corrected chi connectivity index (χ1v) is 5.66. The van der Waals surface area contributed by atoms with E-state index in [1.54, 1.807) is 11.0 Å². The molecule has 1 heterocycles. The minimum Gasteiger partial charge on any atom is -0.492 e. The van der Waals surface area contributed by atoms with Gasteiger partial charge in [0.25, 0.3) is 0 Å². The van der Waals surface area contributed by atoms with Crippen molar-refractivity contribution in [2.45, 2.75) is 13.0 Å². The van der Waals surface area contributed by atoms with E-state index in [9.17, 15) is 4.79 Å². The number of rotatable bonds is 3. The molecule has 0 atom stereocenters. The second-order valence-corrected chi connectivity index (χ2v) is 3.92. The molecule has 2 N–H and O–H groups in total. The molecular formula is C12H16N2O3. The van der Waals surface area contributed by atoms with E-state index in [1.165, 1.54) is 0 Å². The van der Waals surface area contributed by atoms with Crippen LogP contribution in [-0.2, 0) is 0 Å². The lowest BCUT2D eigenvalue weighted by molar-refractivity contribution is 0.0308. The Morgan fingerprint density at radius 3 is 2.88 bits per heavy atom. The summed E-state index contributed by atoms with van der Waals surface area (Å²) in [6.07, 6.45) is -0.386. The third kappa shape index (κ3) is 2.68. The number of ether oxygens (including phenoxy) is 1. The Labute approximate surface area is 100.0 Å². The Kier molecular flexibility index (Phi) is 3.49. The average molecular weight is 236 g/mol. The monoisotopic (exact) mass is 236 g/mol. The van der Waals surface area contributed by atoms with Crippen molar-refractivity contribution in [3.05, 3.63) is 24.3 Å². The molecule has 1 aliphatic heterocycles. The maximum absolute atomic E-state index is 11.7. The van der Waals surface area contributed by atoms with Crippen LogP contribution in [0.15, 0.2) is 24.3 Å². The van der Waals surface area contributed by atoms with Gasteiger partial charge in [0.05, 0.1) is 31.5 Å². The maximum Gasteiger partial charge on any atom is 0.322 e. The number of aliphatic hydroxyl groups excluding tert-OH is 1. The van der Waals surface area contributed by atoms with Crippen molar-refractivity contribution >= 4 is 11.7 Å². The molecule has 0 saturated carbocycles. The highest BCUT2D eigenvalue weighted by molar-refractivity contribution is 5.91. The van der Waals surface area contributed by atoms with Crippen LogP contribution in [0.2, 0.25) is 0 Å². The molecule has 17 heavy (non-hydrogen) atoms. The third-order valence-electron chi connectivity index (χ3n) is 2.58. The van der Waals surface area contributed by atoms with Crippen molar-refractivity contribution in [1.82, 2.24) is 4.90 Å². The van der Waals surface area contributed by atoms with Crippen LogP contribution in [0, 0.1) is 0 Å². The molecule has 1 aliphatic rings. The van der Waals surface area contributed by atoms with Crippen LogP contribution in [0.4, 0.5) is 10.5 Å². The molecule has 1 fully saturated rings. The fourth-order valence-corrected chi connectivity index (χ4v) is 1.67. The van der Waals surface area contributed by atoms with Crippen molar-refractivity contribution < 1.29 is 14.6 Å². The van der Waals surface area contributed by atoms with Gasteiger partial charge in [-0.3, -0.25) is 0 Å².